The maximum absolute atomic E-state index is 13.2. The van der Waals surface area contributed by atoms with E-state index in [1.54, 1.807) is 0 Å². The predicted molar refractivity (Wildman–Crippen MR) is 58.6 cm³/mol. The van der Waals surface area contributed by atoms with E-state index in [0.29, 0.717) is 18.3 Å². The van der Waals surface area contributed by atoms with Crippen LogP contribution in [0.1, 0.15) is 15.9 Å². The van der Waals surface area contributed by atoms with Gasteiger partial charge in [-0.25, -0.2) is 9.18 Å². The van der Waals surface area contributed by atoms with Crippen LogP contribution in [0.25, 0.3) is 0 Å². The summed E-state index contributed by atoms with van der Waals surface area (Å²) in [7, 11) is -0.0580. The molecule has 1 aliphatic rings. The van der Waals surface area contributed by atoms with Gasteiger partial charge in [-0.05, 0) is 24.4 Å². The third-order valence-electron chi connectivity index (χ3n) is 2.32. The van der Waals surface area contributed by atoms with Crippen molar-refractivity contribution in [1.29, 1.82) is 0 Å². The number of hydrogen-bond acceptors (Lipinski definition) is 4. The molecule has 0 unspecified atom stereocenters. The number of aliphatic hydroxyl groups is 1. The van der Waals surface area contributed by atoms with Gasteiger partial charge >= 0.3 is 13.1 Å². The zero-order valence-corrected chi connectivity index (χ0v) is 9.18. The highest BCUT2D eigenvalue weighted by atomic mass is 19.1. The molecule has 0 saturated heterocycles. The highest BCUT2D eigenvalue weighted by Crippen LogP contribution is 2.31. The van der Waals surface area contributed by atoms with Gasteiger partial charge in [-0.1, -0.05) is 6.07 Å². The van der Waals surface area contributed by atoms with Gasteiger partial charge in [0.05, 0.1) is 0 Å². The molecule has 7 heteroatoms. The number of halogens is 1. The van der Waals surface area contributed by atoms with Crippen LogP contribution in [0.15, 0.2) is 12.1 Å². The van der Waals surface area contributed by atoms with Crippen LogP contribution in [-0.2, 0) is 6.42 Å². The summed E-state index contributed by atoms with van der Waals surface area (Å²) in [5, 5.41) is 25.0. The van der Waals surface area contributed by atoms with E-state index in [1.165, 1.54) is 6.07 Å². The summed E-state index contributed by atoms with van der Waals surface area (Å²) in [5.41, 5.74) is 0.102. The Morgan fingerprint density at radius 2 is 2.12 bits per heavy atom. The first kappa shape index (κ1) is 13.5. The van der Waals surface area contributed by atoms with Crippen LogP contribution in [0.2, 0.25) is 6.32 Å². The lowest BCUT2D eigenvalue weighted by atomic mass is 9.78. The molecule has 0 amide bonds. The lowest BCUT2D eigenvalue weighted by molar-refractivity contribution is 0.0689. The zero-order valence-electron chi connectivity index (χ0n) is 9.18. The van der Waals surface area contributed by atoms with Crippen molar-refractivity contribution in [3.05, 3.63) is 29.1 Å². The van der Waals surface area contributed by atoms with E-state index in [1.807, 2.05) is 0 Å². The Morgan fingerprint density at radius 3 is 2.71 bits per heavy atom. The monoisotopic (exact) mass is 242 g/mol. The van der Waals surface area contributed by atoms with E-state index in [4.69, 9.17) is 14.9 Å². The normalized spacial score (nSPS) is 13.1. The van der Waals surface area contributed by atoms with Gasteiger partial charge in [-0.15, -0.1) is 0 Å². The highest BCUT2D eigenvalue weighted by molar-refractivity contribution is 6.44. The van der Waals surface area contributed by atoms with E-state index in [-0.39, 0.29) is 5.75 Å². The van der Waals surface area contributed by atoms with Crippen LogP contribution in [0, 0.1) is 5.82 Å². The number of hydrogen-bond donors (Lipinski definition) is 3. The summed E-state index contributed by atoms with van der Waals surface area (Å²) < 4.78 is 18.2. The van der Waals surface area contributed by atoms with Crippen LogP contribution in [0.3, 0.4) is 0 Å². The molecule has 2 rings (SSSR count). The minimum Gasteiger partial charge on any atom is -0.535 e. The van der Waals surface area contributed by atoms with Gasteiger partial charge in [0.25, 0.3) is 0 Å². The topological polar surface area (TPSA) is 87.0 Å². The second kappa shape index (κ2) is 5.65. The molecule has 0 atom stereocenters. The Labute approximate surface area is 97.6 Å². The van der Waals surface area contributed by atoms with Gasteiger partial charge in [-0.3, -0.25) is 0 Å². The molecule has 5 nitrogen and oxygen atoms in total. The summed E-state index contributed by atoms with van der Waals surface area (Å²) in [6, 6.07) is 2.58. The Hall–Kier alpha value is -1.60. The lowest BCUT2D eigenvalue weighted by Crippen LogP contribution is -2.28. The van der Waals surface area contributed by atoms with Gasteiger partial charge in [0, 0.05) is 7.11 Å². The molecule has 1 aromatic carbocycles. The smallest absolute Gasteiger partial charge is 0.522 e. The van der Waals surface area contributed by atoms with Crippen molar-refractivity contribution < 1.29 is 29.1 Å². The van der Waals surface area contributed by atoms with Crippen LogP contribution >= 0.6 is 0 Å². The van der Waals surface area contributed by atoms with Crippen LogP contribution in [0.5, 0.6) is 5.75 Å². The van der Waals surface area contributed by atoms with Crippen molar-refractivity contribution in [2.24, 2.45) is 0 Å². The number of aromatic carboxylic acids is 1. The van der Waals surface area contributed by atoms with Gasteiger partial charge in [-0.2, -0.15) is 0 Å². The maximum atomic E-state index is 13.2. The van der Waals surface area contributed by atoms with Crippen molar-refractivity contribution in [1.82, 2.24) is 0 Å². The Kier molecular flexibility index (Phi) is 4.48. The first-order valence-electron chi connectivity index (χ1n) is 4.93. The zero-order chi connectivity index (χ0) is 13.0. The van der Waals surface area contributed by atoms with Gasteiger partial charge in [0.1, 0.15) is 17.1 Å². The quantitative estimate of drug-likeness (QED) is 0.626. The van der Waals surface area contributed by atoms with Crippen molar-refractivity contribution in [2.75, 3.05) is 7.11 Å². The average Bonchev–Trinajstić information content (AvgIpc) is 2.30. The Bertz CT molecular complexity index is 423. The van der Waals surface area contributed by atoms with Crippen molar-refractivity contribution in [3.63, 3.8) is 0 Å². The fourth-order valence-corrected chi connectivity index (χ4v) is 1.61. The summed E-state index contributed by atoms with van der Waals surface area (Å²) >= 11 is 0. The van der Waals surface area contributed by atoms with Crippen LogP contribution in [-0.4, -0.2) is 35.4 Å². The number of rotatable bonds is 1. The highest BCUT2D eigenvalue weighted by Gasteiger charge is 2.29. The van der Waals surface area contributed by atoms with E-state index in [2.05, 4.69) is 0 Å². The van der Waals surface area contributed by atoms with E-state index < -0.39 is 24.5 Å². The first-order chi connectivity index (χ1) is 8.09. The minimum atomic E-state index is -1.39. The van der Waals surface area contributed by atoms with E-state index in [9.17, 15) is 14.2 Å². The summed E-state index contributed by atoms with van der Waals surface area (Å²) in [5.74, 6) is -2.30. The number of carboxylic acid groups (broad SMARTS) is 1. The molecule has 0 spiro atoms. The molecular formula is C10H12BFO5. The lowest BCUT2D eigenvalue weighted by Gasteiger charge is -2.21. The molecule has 0 fully saturated rings. The molecule has 92 valence electrons. The molecule has 0 saturated carbocycles. The van der Waals surface area contributed by atoms with Crippen molar-refractivity contribution in [3.8, 4) is 5.75 Å². The van der Waals surface area contributed by atoms with Crippen molar-refractivity contribution in [2.45, 2.75) is 12.7 Å². The number of aliphatic hydroxyl groups excluding tert-OH is 1. The van der Waals surface area contributed by atoms with E-state index in [0.717, 1.165) is 13.2 Å². The summed E-state index contributed by atoms with van der Waals surface area (Å²) in [6.07, 6.45) is 0.870. The van der Waals surface area contributed by atoms with Gasteiger partial charge < -0.3 is 19.9 Å². The molecule has 0 bridgehead atoms. The maximum Gasteiger partial charge on any atom is 0.522 e. The minimum absolute atomic E-state index is 0.0544. The molecule has 3 N–H and O–H groups in total. The summed E-state index contributed by atoms with van der Waals surface area (Å²) in [6.45, 7) is 0. The number of aryl methyl sites for hydroxylation is 1. The largest absolute Gasteiger partial charge is 0.535 e. The molecule has 1 aliphatic heterocycles. The number of benzene rings is 1. The second-order valence-electron chi connectivity index (χ2n) is 3.33. The van der Waals surface area contributed by atoms with Crippen LogP contribution < -0.4 is 4.65 Å². The number of carboxylic acids is 1. The second-order valence-corrected chi connectivity index (χ2v) is 3.33. The third-order valence-corrected chi connectivity index (χ3v) is 2.32. The molecule has 0 radical (unpaired) electrons. The predicted octanol–water partition coefficient (Wildman–Crippen LogP) is 0.548. The molecule has 0 aliphatic carbocycles. The number of fused-ring (bicyclic) bond motifs is 1. The molecule has 0 aromatic heterocycles. The van der Waals surface area contributed by atoms with Crippen LogP contribution in [0.4, 0.5) is 4.39 Å². The fraction of sp³-hybridized carbons (Fsp3) is 0.300. The number of carbonyl (C=O) groups is 1. The average molecular weight is 242 g/mol. The molecular weight excluding hydrogens is 230 g/mol. The molecule has 1 aromatic rings. The Morgan fingerprint density at radius 1 is 1.47 bits per heavy atom. The Balaban J connectivity index is 0.000000686. The molecule has 17 heavy (non-hydrogen) atoms. The van der Waals surface area contributed by atoms with Gasteiger partial charge in [0.2, 0.25) is 0 Å². The first-order valence-corrected chi connectivity index (χ1v) is 4.93. The van der Waals surface area contributed by atoms with Crippen molar-refractivity contribution >= 4 is 13.1 Å². The fourth-order valence-electron chi connectivity index (χ4n) is 1.61. The van der Waals surface area contributed by atoms with E-state index >= 15 is 0 Å². The SMILES string of the molecule is CO.O=C(O)c1c(F)ccc2c1OB(O)CC2. The van der Waals surface area contributed by atoms with Gasteiger partial charge in [0.15, 0.2) is 0 Å². The summed E-state index contributed by atoms with van der Waals surface area (Å²) in [4.78, 5) is 10.8. The molecule has 1 heterocycles. The third kappa shape index (κ3) is 2.75. The standard InChI is InChI=1S/C9H8BFO4.CH4O/c11-6-2-1-5-3-4-10(14)15-8(5)7(6)9(12)13;1-2/h1-2,14H,3-4H2,(H,12,13);2H,1H3.